The quantitative estimate of drug-likeness (QED) is 0.480. The highest BCUT2D eigenvalue weighted by Gasteiger charge is 2.23. The number of nitrogens with zero attached hydrogens (tertiary/aromatic N) is 5. The van der Waals surface area contributed by atoms with E-state index in [4.69, 9.17) is 11.1 Å². The molecule has 3 aromatic rings. The van der Waals surface area contributed by atoms with Crippen molar-refractivity contribution in [1.29, 1.82) is 0 Å². The van der Waals surface area contributed by atoms with Gasteiger partial charge in [0.05, 0.1) is 23.9 Å². The maximum Gasteiger partial charge on any atom is 0.241 e. The normalized spacial score (nSPS) is 14.3. The van der Waals surface area contributed by atoms with Crippen molar-refractivity contribution in [3.63, 3.8) is 0 Å². The molecule has 3 heterocycles. The lowest BCUT2D eigenvalue weighted by Crippen LogP contribution is -2.49. The molecule has 2 aromatic heterocycles. The number of aromatic nitrogens is 3. The average molecular weight is 390 g/mol. The molecule has 0 spiro atoms. The van der Waals surface area contributed by atoms with Gasteiger partial charge in [0.25, 0.3) is 0 Å². The Balaban J connectivity index is 1.64. The second-order valence-electron chi connectivity index (χ2n) is 7.26. The van der Waals surface area contributed by atoms with Crippen LogP contribution in [-0.4, -0.2) is 58.0 Å². The van der Waals surface area contributed by atoms with Gasteiger partial charge in [0.2, 0.25) is 11.6 Å². The van der Waals surface area contributed by atoms with Gasteiger partial charge in [0.1, 0.15) is 5.82 Å². The molecule has 29 heavy (non-hydrogen) atoms. The van der Waals surface area contributed by atoms with Crippen LogP contribution in [0.5, 0.6) is 0 Å². The second kappa shape index (κ2) is 7.38. The maximum atomic E-state index is 12.0. The van der Waals surface area contributed by atoms with Crippen LogP contribution in [-0.2, 0) is 11.8 Å². The van der Waals surface area contributed by atoms with Gasteiger partial charge >= 0.3 is 0 Å². The molecule has 8 nitrogen and oxygen atoms in total. The Morgan fingerprint density at radius 1 is 1.14 bits per heavy atom. The number of piperazine rings is 1. The molecular formula is C21H24N7O+. The van der Waals surface area contributed by atoms with E-state index in [1.807, 2.05) is 55.5 Å². The van der Waals surface area contributed by atoms with Crippen LogP contribution in [0.25, 0.3) is 11.1 Å². The standard InChI is InChI=1S/C21H23N7O/c1-26-7-8-28(13-20(26)29)19-10-15(5-6-24-19)21(23)17-9-14(3-4-18(17)22)16-11-25-27(2)12-16/h3-6,9-12,23H,7-8,13,22H2,1-2H3/p+1. The molecule has 148 valence electrons. The molecule has 1 fully saturated rings. The lowest BCUT2D eigenvalue weighted by atomic mass is 9.97. The lowest BCUT2D eigenvalue weighted by molar-refractivity contribution is -0.129. The summed E-state index contributed by atoms with van der Waals surface area (Å²) in [6, 6.07) is 9.54. The van der Waals surface area contributed by atoms with Crippen LogP contribution in [0, 0.1) is 0 Å². The van der Waals surface area contributed by atoms with Gasteiger partial charge in [-0.3, -0.25) is 14.9 Å². The molecule has 4 N–H and O–H groups in total. The number of rotatable bonds is 4. The minimum absolute atomic E-state index is 0.0776. The molecule has 1 saturated heterocycles. The summed E-state index contributed by atoms with van der Waals surface area (Å²) in [5.74, 6) is 0.808. The van der Waals surface area contributed by atoms with Gasteiger partial charge in [-0.25, -0.2) is 4.98 Å². The average Bonchev–Trinajstić information content (AvgIpc) is 3.16. The molecule has 1 aromatic carbocycles. The Labute approximate surface area is 169 Å². The number of hydrogen-bond donors (Lipinski definition) is 2. The van der Waals surface area contributed by atoms with E-state index in [0.29, 0.717) is 24.5 Å². The number of carbonyl (C=O) groups excluding carboxylic acids is 1. The number of nitrogens with two attached hydrogens (primary N) is 2. The number of hydrogen-bond acceptors (Lipinski definition) is 5. The molecule has 0 unspecified atom stereocenters. The van der Waals surface area contributed by atoms with E-state index < -0.39 is 0 Å². The van der Waals surface area contributed by atoms with Crippen molar-refractivity contribution in [1.82, 2.24) is 19.7 Å². The van der Waals surface area contributed by atoms with E-state index in [-0.39, 0.29) is 5.91 Å². The lowest BCUT2D eigenvalue weighted by Gasteiger charge is -2.32. The summed E-state index contributed by atoms with van der Waals surface area (Å²) in [5.41, 5.74) is 11.0. The number of nitrogen functional groups attached to an aromatic ring is 1. The molecule has 4 rings (SSSR count). The summed E-state index contributed by atoms with van der Waals surface area (Å²) in [4.78, 5) is 20.2. The van der Waals surface area contributed by atoms with Crippen LogP contribution < -0.4 is 16.0 Å². The van der Waals surface area contributed by atoms with Crippen LogP contribution >= 0.6 is 0 Å². The van der Waals surface area contributed by atoms with E-state index in [1.54, 1.807) is 22.0 Å². The smallest absolute Gasteiger partial charge is 0.241 e. The predicted molar refractivity (Wildman–Crippen MR) is 112 cm³/mol. The van der Waals surface area contributed by atoms with Crippen LogP contribution in [0.1, 0.15) is 11.1 Å². The molecule has 1 aliphatic heterocycles. The Morgan fingerprint density at radius 3 is 2.69 bits per heavy atom. The van der Waals surface area contributed by atoms with Crippen molar-refractivity contribution in [3.8, 4) is 11.1 Å². The summed E-state index contributed by atoms with van der Waals surface area (Å²) < 4.78 is 1.75. The summed E-state index contributed by atoms with van der Waals surface area (Å²) >= 11 is 0. The number of likely N-dealkylation sites (N-methyl/N-ethyl adjacent to an activating group) is 1. The van der Waals surface area contributed by atoms with Crippen molar-refractivity contribution in [2.45, 2.75) is 0 Å². The molecule has 0 atom stereocenters. The van der Waals surface area contributed by atoms with Gasteiger partial charge in [-0.05, 0) is 29.8 Å². The minimum atomic E-state index is 0.0776. The number of aryl methyl sites for hydroxylation is 1. The molecule has 0 bridgehead atoms. The highest BCUT2D eigenvalue weighted by molar-refractivity contribution is 6.12. The third-order valence-electron chi connectivity index (χ3n) is 5.22. The maximum absolute atomic E-state index is 12.0. The molecule has 0 aliphatic carbocycles. The first-order valence-corrected chi connectivity index (χ1v) is 9.39. The summed E-state index contributed by atoms with van der Waals surface area (Å²) in [5, 5.41) is 10.7. The van der Waals surface area contributed by atoms with Crippen LogP contribution in [0.2, 0.25) is 0 Å². The summed E-state index contributed by atoms with van der Waals surface area (Å²) in [7, 11) is 3.69. The first-order chi connectivity index (χ1) is 13.9. The third kappa shape index (κ3) is 3.69. The van der Waals surface area contributed by atoms with Crippen LogP contribution in [0.15, 0.2) is 48.9 Å². The molecule has 0 radical (unpaired) electrons. The van der Waals surface area contributed by atoms with Crippen molar-refractivity contribution in [2.75, 3.05) is 37.3 Å². The van der Waals surface area contributed by atoms with Crippen molar-refractivity contribution in [3.05, 3.63) is 60.0 Å². The number of carbonyl (C=O) groups is 1. The van der Waals surface area contributed by atoms with Gasteiger partial charge < -0.3 is 15.5 Å². The van der Waals surface area contributed by atoms with Crippen molar-refractivity contribution in [2.24, 2.45) is 7.05 Å². The Kier molecular flexibility index (Phi) is 4.75. The Morgan fingerprint density at radius 2 is 1.97 bits per heavy atom. The zero-order chi connectivity index (χ0) is 20.5. The fourth-order valence-electron chi connectivity index (χ4n) is 3.41. The van der Waals surface area contributed by atoms with Gasteiger partial charge in [-0.1, -0.05) is 6.07 Å². The molecular weight excluding hydrogens is 366 g/mol. The zero-order valence-corrected chi connectivity index (χ0v) is 16.5. The molecule has 0 saturated carbocycles. The highest BCUT2D eigenvalue weighted by Crippen LogP contribution is 2.25. The van der Waals surface area contributed by atoms with Gasteiger partial charge in [-0.2, -0.15) is 5.10 Å². The highest BCUT2D eigenvalue weighted by atomic mass is 16.2. The van der Waals surface area contributed by atoms with Crippen molar-refractivity contribution >= 4 is 23.1 Å². The number of benzene rings is 1. The molecule has 1 amide bonds. The largest absolute Gasteiger partial charge is 0.398 e. The molecule has 8 heteroatoms. The SMILES string of the molecule is CN1CCN(c2cc(C(=[NH2+])c3cc(-c4cnn(C)c4)ccc3N)ccn2)CC1=O. The van der Waals surface area contributed by atoms with Gasteiger partial charge in [0, 0.05) is 50.8 Å². The first-order valence-electron chi connectivity index (χ1n) is 9.39. The van der Waals surface area contributed by atoms with Gasteiger partial charge in [0.15, 0.2) is 0 Å². The summed E-state index contributed by atoms with van der Waals surface area (Å²) in [6.45, 7) is 1.72. The topological polar surface area (TPSA) is 106 Å². The fraction of sp³-hybridized carbons (Fsp3) is 0.238. The van der Waals surface area contributed by atoms with E-state index in [0.717, 1.165) is 34.6 Å². The molecule has 1 aliphatic rings. The van der Waals surface area contributed by atoms with E-state index in [2.05, 4.69) is 10.1 Å². The van der Waals surface area contributed by atoms with Crippen LogP contribution in [0.3, 0.4) is 0 Å². The number of pyridine rings is 1. The third-order valence-corrected chi connectivity index (χ3v) is 5.22. The fourth-order valence-corrected chi connectivity index (χ4v) is 3.41. The Bertz CT molecular complexity index is 1090. The van der Waals surface area contributed by atoms with Gasteiger partial charge in [-0.15, -0.1) is 0 Å². The monoisotopic (exact) mass is 390 g/mol. The Hall–Kier alpha value is -3.68. The second-order valence-corrected chi connectivity index (χ2v) is 7.26. The van der Waals surface area contributed by atoms with Crippen molar-refractivity contribution < 1.29 is 10.2 Å². The predicted octanol–water partition coefficient (Wildman–Crippen LogP) is -0.0608. The number of amides is 1. The van der Waals surface area contributed by atoms with E-state index in [9.17, 15) is 4.79 Å². The van der Waals surface area contributed by atoms with Crippen LogP contribution in [0.4, 0.5) is 11.5 Å². The number of anilines is 2. The summed E-state index contributed by atoms with van der Waals surface area (Å²) in [6.07, 6.45) is 5.46. The first kappa shape index (κ1) is 18.7. The zero-order valence-electron chi connectivity index (χ0n) is 16.5. The minimum Gasteiger partial charge on any atom is -0.398 e. The van der Waals surface area contributed by atoms with E-state index >= 15 is 0 Å². The van der Waals surface area contributed by atoms with E-state index in [1.165, 1.54) is 0 Å².